The zero-order valence-electron chi connectivity index (χ0n) is 9.02. The van der Waals surface area contributed by atoms with Gasteiger partial charge in [0.2, 0.25) is 15.9 Å². The van der Waals surface area contributed by atoms with Crippen molar-refractivity contribution >= 4 is 39.1 Å². The highest BCUT2D eigenvalue weighted by atomic mass is 35.5. The molecule has 100 valence electrons. The van der Waals surface area contributed by atoms with E-state index in [1.165, 1.54) is 0 Å². The topological polar surface area (TPSA) is 112 Å². The number of primary amides is 1. The van der Waals surface area contributed by atoms with Crippen molar-refractivity contribution in [2.45, 2.75) is 11.3 Å². The van der Waals surface area contributed by atoms with Gasteiger partial charge < -0.3 is 10.5 Å². The Morgan fingerprint density at radius 3 is 2.17 bits per heavy atom. The number of sulfonamides is 1. The van der Waals surface area contributed by atoms with Crippen molar-refractivity contribution in [2.24, 2.45) is 10.9 Å². The first kappa shape index (κ1) is 15.0. The molecule has 1 amide bonds. The molecule has 0 spiro atoms. The van der Waals surface area contributed by atoms with Gasteiger partial charge in [-0.3, -0.25) is 4.79 Å². The van der Waals surface area contributed by atoms with Crippen LogP contribution < -0.4 is 15.6 Å². The number of hydrogen-bond acceptors (Lipinski definition) is 4. The van der Waals surface area contributed by atoms with Gasteiger partial charge in [0.05, 0.1) is 28.0 Å². The number of carbonyl (C=O) groups excluding carboxylic acids is 1. The Morgan fingerprint density at radius 2 is 1.78 bits per heavy atom. The standard InChI is InChI=1S/C9H10Cl2N2O4S/c10-6-3-5(18(13,15)16)4-7(11)9(6)17-2-1-8(12)14/h3-4H,1-2H2,(H2,12,14)(H2,13,15,16). The molecule has 0 radical (unpaired) electrons. The van der Waals surface area contributed by atoms with Crippen LogP contribution >= 0.6 is 23.2 Å². The number of carbonyl (C=O) groups is 1. The van der Waals surface area contributed by atoms with Gasteiger partial charge in [-0.05, 0) is 12.1 Å². The second-order valence-electron chi connectivity index (χ2n) is 3.33. The van der Waals surface area contributed by atoms with Gasteiger partial charge in [0, 0.05) is 0 Å². The minimum atomic E-state index is -3.90. The van der Waals surface area contributed by atoms with Crippen molar-refractivity contribution in [3.05, 3.63) is 22.2 Å². The molecule has 6 nitrogen and oxygen atoms in total. The summed E-state index contributed by atoms with van der Waals surface area (Å²) in [5.41, 5.74) is 4.93. The van der Waals surface area contributed by atoms with Crippen LogP contribution in [0.15, 0.2) is 17.0 Å². The van der Waals surface area contributed by atoms with Crippen molar-refractivity contribution in [2.75, 3.05) is 6.61 Å². The van der Waals surface area contributed by atoms with Crippen molar-refractivity contribution in [3.8, 4) is 5.75 Å². The molecule has 0 saturated carbocycles. The zero-order chi connectivity index (χ0) is 13.9. The van der Waals surface area contributed by atoms with Crippen LogP contribution in [-0.2, 0) is 14.8 Å². The zero-order valence-corrected chi connectivity index (χ0v) is 11.3. The summed E-state index contributed by atoms with van der Waals surface area (Å²) in [4.78, 5) is 10.3. The van der Waals surface area contributed by atoms with E-state index in [1.807, 2.05) is 0 Å². The van der Waals surface area contributed by atoms with Gasteiger partial charge in [-0.15, -0.1) is 0 Å². The summed E-state index contributed by atoms with van der Waals surface area (Å²) in [7, 11) is -3.90. The number of halogens is 2. The van der Waals surface area contributed by atoms with E-state index in [0.717, 1.165) is 12.1 Å². The van der Waals surface area contributed by atoms with E-state index in [1.54, 1.807) is 0 Å². The molecule has 0 atom stereocenters. The highest BCUT2D eigenvalue weighted by molar-refractivity contribution is 7.89. The van der Waals surface area contributed by atoms with E-state index in [9.17, 15) is 13.2 Å². The van der Waals surface area contributed by atoms with Crippen LogP contribution in [0.25, 0.3) is 0 Å². The molecule has 0 saturated heterocycles. The van der Waals surface area contributed by atoms with Gasteiger partial charge in [-0.1, -0.05) is 23.2 Å². The maximum absolute atomic E-state index is 11.1. The Balaban J connectivity index is 2.99. The highest BCUT2D eigenvalue weighted by Gasteiger charge is 2.15. The van der Waals surface area contributed by atoms with Crippen LogP contribution in [0.1, 0.15) is 6.42 Å². The minimum Gasteiger partial charge on any atom is -0.490 e. The predicted octanol–water partition coefficient (Wildman–Crippen LogP) is 0.895. The fourth-order valence-corrected chi connectivity index (χ4v) is 2.38. The molecule has 0 bridgehead atoms. The highest BCUT2D eigenvalue weighted by Crippen LogP contribution is 2.35. The second kappa shape index (κ2) is 5.75. The number of hydrogen-bond donors (Lipinski definition) is 2. The molecule has 1 aromatic rings. The summed E-state index contributed by atoms with van der Waals surface area (Å²) in [5, 5.41) is 4.90. The lowest BCUT2D eigenvalue weighted by Crippen LogP contribution is -2.15. The molecule has 0 unspecified atom stereocenters. The molecule has 1 rings (SSSR count). The monoisotopic (exact) mass is 312 g/mol. The summed E-state index contributed by atoms with van der Waals surface area (Å²) in [6, 6.07) is 2.23. The lowest BCUT2D eigenvalue weighted by Gasteiger charge is -2.10. The van der Waals surface area contributed by atoms with Crippen LogP contribution in [0.3, 0.4) is 0 Å². The van der Waals surface area contributed by atoms with Gasteiger partial charge in [0.25, 0.3) is 0 Å². The SMILES string of the molecule is NC(=O)CCOc1c(Cl)cc(S(N)(=O)=O)cc1Cl. The third kappa shape index (κ3) is 4.02. The molecule has 0 aliphatic rings. The van der Waals surface area contributed by atoms with E-state index < -0.39 is 15.9 Å². The summed E-state index contributed by atoms with van der Waals surface area (Å²) in [6.45, 7) is -0.0104. The second-order valence-corrected chi connectivity index (χ2v) is 5.70. The number of ether oxygens (including phenoxy) is 1. The number of amides is 1. The first-order valence-corrected chi connectivity index (χ1v) is 6.95. The van der Waals surface area contributed by atoms with Gasteiger partial charge in [0.15, 0.2) is 5.75 Å². The molecule has 18 heavy (non-hydrogen) atoms. The Labute approximate surface area is 114 Å². The quantitative estimate of drug-likeness (QED) is 0.840. The van der Waals surface area contributed by atoms with Crippen molar-refractivity contribution in [1.29, 1.82) is 0 Å². The maximum atomic E-state index is 11.1. The average molecular weight is 313 g/mol. The molecule has 0 heterocycles. The van der Waals surface area contributed by atoms with Gasteiger partial charge in [-0.25, -0.2) is 13.6 Å². The minimum absolute atomic E-state index is 0.0103. The van der Waals surface area contributed by atoms with Crippen LogP contribution in [0.4, 0.5) is 0 Å². The lowest BCUT2D eigenvalue weighted by molar-refractivity contribution is -0.118. The molecule has 0 aliphatic heterocycles. The first-order chi connectivity index (χ1) is 8.21. The van der Waals surface area contributed by atoms with E-state index >= 15 is 0 Å². The Kier molecular flexibility index (Phi) is 4.80. The van der Waals surface area contributed by atoms with Crippen molar-refractivity contribution in [3.63, 3.8) is 0 Å². The number of primary sulfonamides is 1. The molecule has 1 aromatic carbocycles. The molecular formula is C9H10Cl2N2O4S. The Bertz CT molecular complexity index is 551. The van der Waals surface area contributed by atoms with Crippen LogP contribution in [0.2, 0.25) is 10.0 Å². The number of benzene rings is 1. The van der Waals surface area contributed by atoms with Gasteiger partial charge in [0.1, 0.15) is 0 Å². The molecule has 0 fully saturated rings. The third-order valence-electron chi connectivity index (χ3n) is 1.90. The first-order valence-electron chi connectivity index (χ1n) is 4.64. The van der Waals surface area contributed by atoms with E-state index in [-0.39, 0.29) is 33.7 Å². The van der Waals surface area contributed by atoms with Crippen molar-refractivity contribution in [1.82, 2.24) is 0 Å². The van der Waals surface area contributed by atoms with E-state index in [2.05, 4.69) is 0 Å². The molecule has 9 heteroatoms. The average Bonchev–Trinajstić information content (AvgIpc) is 2.20. The Hall–Kier alpha value is -1.02. The molecule has 4 N–H and O–H groups in total. The fourth-order valence-electron chi connectivity index (χ4n) is 1.09. The lowest BCUT2D eigenvalue weighted by atomic mass is 10.3. The number of nitrogens with two attached hydrogens (primary N) is 2. The third-order valence-corrected chi connectivity index (χ3v) is 3.35. The predicted molar refractivity (Wildman–Crippen MR) is 67.1 cm³/mol. The van der Waals surface area contributed by atoms with Gasteiger partial charge >= 0.3 is 0 Å². The van der Waals surface area contributed by atoms with E-state index in [0.29, 0.717) is 0 Å². The summed E-state index contributed by atoms with van der Waals surface area (Å²) in [6.07, 6.45) is -0.0103. The van der Waals surface area contributed by atoms with Crippen LogP contribution in [0, 0.1) is 0 Å². The van der Waals surface area contributed by atoms with Crippen molar-refractivity contribution < 1.29 is 17.9 Å². The Morgan fingerprint density at radius 1 is 1.28 bits per heavy atom. The molecular weight excluding hydrogens is 303 g/mol. The summed E-state index contributed by atoms with van der Waals surface area (Å²) in [5.74, 6) is -0.463. The van der Waals surface area contributed by atoms with Crippen LogP contribution in [0.5, 0.6) is 5.75 Å². The van der Waals surface area contributed by atoms with E-state index in [4.69, 9.17) is 38.8 Å². The fraction of sp³-hybridized carbons (Fsp3) is 0.222. The smallest absolute Gasteiger partial charge is 0.238 e. The summed E-state index contributed by atoms with van der Waals surface area (Å²) < 4.78 is 27.4. The summed E-state index contributed by atoms with van der Waals surface area (Å²) >= 11 is 11.6. The number of rotatable bonds is 5. The molecule has 0 aromatic heterocycles. The largest absolute Gasteiger partial charge is 0.490 e. The molecule has 0 aliphatic carbocycles. The van der Waals surface area contributed by atoms with Crippen LogP contribution in [-0.4, -0.2) is 20.9 Å². The normalized spacial score (nSPS) is 11.3. The maximum Gasteiger partial charge on any atom is 0.238 e. The van der Waals surface area contributed by atoms with Gasteiger partial charge in [-0.2, -0.15) is 0 Å².